The van der Waals surface area contributed by atoms with E-state index in [4.69, 9.17) is 9.15 Å². The molecule has 0 unspecified atom stereocenters. The van der Waals surface area contributed by atoms with Gasteiger partial charge in [0.05, 0.1) is 17.5 Å². The van der Waals surface area contributed by atoms with Crippen molar-refractivity contribution < 1.29 is 17.6 Å². The largest absolute Gasteiger partial charge is 0.494 e. The van der Waals surface area contributed by atoms with E-state index in [1.165, 1.54) is 12.1 Å². The Morgan fingerprint density at radius 3 is 2.38 bits per heavy atom. The van der Waals surface area contributed by atoms with Crippen molar-refractivity contribution in [2.24, 2.45) is 0 Å². The number of benzene rings is 1. The standard InChI is InChI=1S/C15H19NO4S/c1-4-19-13-6-8-14(9-7-13)21(17,18)16-12(3)15-10-5-11(2)20-15/h5-10,12,16H,4H2,1-3H3/t12-/m0/s1. The van der Waals surface area contributed by atoms with Crippen LogP contribution in [0.15, 0.2) is 45.7 Å². The third kappa shape index (κ3) is 3.86. The number of nitrogens with one attached hydrogen (secondary N) is 1. The maximum atomic E-state index is 12.3. The summed E-state index contributed by atoms with van der Waals surface area (Å²) in [5.74, 6) is 1.98. The summed E-state index contributed by atoms with van der Waals surface area (Å²) >= 11 is 0. The molecule has 1 atom stereocenters. The number of aryl methyl sites for hydroxylation is 1. The highest BCUT2D eigenvalue weighted by Crippen LogP contribution is 2.20. The molecule has 5 nitrogen and oxygen atoms in total. The monoisotopic (exact) mass is 309 g/mol. The van der Waals surface area contributed by atoms with Crippen molar-refractivity contribution in [1.29, 1.82) is 0 Å². The molecule has 0 aliphatic rings. The van der Waals surface area contributed by atoms with Crippen LogP contribution in [0, 0.1) is 6.92 Å². The van der Waals surface area contributed by atoms with E-state index in [0.717, 1.165) is 5.76 Å². The van der Waals surface area contributed by atoms with Gasteiger partial charge >= 0.3 is 0 Å². The van der Waals surface area contributed by atoms with Gasteiger partial charge < -0.3 is 9.15 Å². The average molecular weight is 309 g/mol. The molecule has 0 fully saturated rings. The molecule has 2 aromatic rings. The Morgan fingerprint density at radius 1 is 1.19 bits per heavy atom. The van der Waals surface area contributed by atoms with Gasteiger partial charge in [-0.1, -0.05) is 0 Å². The molecule has 21 heavy (non-hydrogen) atoms. The summed E-state index contributed by atoms with van der Waals surface area (Å²) < 4.78 is 37.9. The van der Waals surface area contributed by atoms with Crippen LogP contribution in [0.25, 0.3) is 0 Å². The predicted molar refractivity (Wildman–Crippen MR) is 79.8 cm³/mol. The lowest BCUT2D eigenvalue weighted by molar-refractivity contribution is 0.340. The Balaban J connectivity index is 2.14. The first kappa shape index (κ1) is 15.6. The fourth-order valence-corrected chi connectivity index (χ4v) is 3.14. The van der Waals surface area contributed by atoms with Crippen LogP contribution in [0.3, 0.4) is 0 Å². The van der Waals surface area contributed by atoms with Crippen LogP contribution >= 0.6 is 0 Å². The molecule has 2 rings (SSSR count). The molecule has 1 N–H and O–H groups in total. The van der Waals surface area contributed by atoms with Gasteiger partial charge in [0.15, 0.2) is 0 Å². The Kier molecular flexibility index (Phi) is 4.69. The van der Waals surface area contributed by atoms with Crippen molar-refractivity contribution in [2.45, 2.75) is 31.7 Å². The maximum absolute atomic E-state index is 12.3. The molecule has 6 heteroatoms. The van der Waals surface area contributed by atoms with E-state index in [2.05, 4.69) is 4.72 Å². The normalized spacial score (nSPS) is 13.1. The lowest BCUT2D eigenvalue weighted by atomic mass is 10.3. The fraction of sp³-hybridized carbons (Fsp3) is 0.333. The second kappa shape index (κ2) is 6.32. The first-order valence-corrected chi connectivity index (χ1v) is 8.22. The highest BCUT2D eigenvalue weighted by atomic mass is 32.2. The van der Waals surface area contributed by atoms with Gasteiger partial charge in [-0.2, -0.15) is 0 Å². The molecule has 0 aliphatic carbocycles. The fourth-order valence-electron chi connectivity index (χ4n) is 1.93. The number of ether oxygens (including phenoxy) is 1. The molecular weight excluding hydrogens is 290 g/mol. The second-order valence-corrected chi connectivity index (χ2v) is 6.41. The highest BCUT2D eigenvalue weighted by Gasteiger charge is 2.20. The molecule has 0 radical (unpaired) electrons. The number of rotatable bonds is 6. The SMILES string of the molecule is CCOc1ccc(S(=O)(=O)N[C@@H](C)c2ccc(C)o2)cc1. The predicted octanol–water partition coefficient (Wildman–Crippen LogP) is 3.03. The van der Waals surface area contributed by atoms with E-state index in [9.17, 15) is 8.42 Å². The van der Waals surface area contributed by atoms with E-state index in [0.29, 0.717) is 18.1 Å². The van der Waals surface area contributed by atoms with Crippen LogP contribution in [0.1, 0.15) is 31.4 Å². The molecule has 0 spiro atoms. The van der Waals surface area contributed by atoms with E-state index in [1.807, 2.05) is 13.8 Å². The quantitative estimate of drug-likeness (QED) is 0.890. The Hall–Kier alpha value is -1.79. The molecule has 0 saturated carbocycles. The van der Waals surface area contributed by atoms with E-state index in [1.54, 1.807) is 31.2 Å². The number of sulfonamides is 1. The summed E-state index contributed by atoms with van der Waals surface area (Å²) in [6.45, 7) is 5.97. The summed E-state index contributed by atoms with van der Waals surface area (Å²) in [5.41, 5.74) is 0. The molecule has 1 heterocycles. The van der Waals surface area contributed by atoms with Gasteiger partial charge in [-0.05, 0) is 57.2 Å². The van der Waals surface area contributed by atoms with Crippen LogP contribution in [-0.2, 0) is 10.0 Å². The van der Waals surface area contributed by atoms with Gasteiger partial charge in [-0.15, -0.1) is 0 Å². The lowest BCUT2D eigenvalue weighted by Gasteiger charge is -2.12. The third-order valence-electron chi connectivity index (χ3n) is 2.96. The van der Waals surface area contributed by atoms with Crippen molar-refractivity contribution in [2.75, 3.05) is 6.61 Å². The average Bonchev–Trinajstić information content (AvgIpc) is 2.86. The Labute approximate surface area is 125 Å². The van der Waals surface area contributed by atoms with Crippen LogP contribution in [0.4, 0.5) is 0 Å². The molecule has 0 bridgehead atoms. The van der Waals surface area contributed by atoms with Gasteiger partial charge in [0.25, 0.3) is 0 Å². The van der Waals surface area contributed by atoms with Crippen LogP contribution < -0.4 is 9.46 Å². The van der Waals surface area contributed by atoms with Crippen LogP contribution in [0.5, 0.6) is 5.75 Å². The first-order chi connectivity index (χ1) is 9.92. The summed E-state index contributed by atoms with van der Waals surface area (Å²) in [4.78, 5) is 0.195. The minimum absolute atomic E-state index is 0.195. The minimum Gasteiger partial charge on any atom is -0.494 e. The van der Waals surface area contributed by atoms with Crippen LogP contribution in [0.2, 0.25) is 0 Å². The van der Waals surface area contributed by atoms with Gasteiger partial charge in [-0.25, -0.2) is 13.1 Å². The Bertz CT molecular complexity index is 689. The van der Waals surface area contributed by atoms with Crippen molar-refractivity contribution in [3.8, 4) is 5.75 Å². The van der Waals surface area contributed by atoms with Gasteiger partial charge in [0.2, 0.25) is 10.0 Å². The molecule has 1 aromatic heterocycles. The number of hydrogen-bond donors (Lipinski definition) is 1. The van der Waals surface area contributed by atoms with Gasteiger partial charge in [0.1, 0.15) is 17.3 Å². The van der Waals surface area contributed by atoms with Crippen LogP contribution in [-0.4, -0.2) is 15.0 Å². The van der Waals surface area contributed by atoms with Crippen molar-refractivity contribution in [3.63, 3.8) is 0 Å². The minimum atomic E-state index is -3.60. The smallest absolute Gasteiger partial charge is 0.241 e. The highest BCUT2D eigenvalue weighted by molar-refractivity contribution is 7.89. The second-order valence-electron chi connectivity index (χ2n) is 4.70. The Morgan fingerprint density at radius 2 is 1.86 bits per heavy atom. The summed E-state index contributed by atoms with van der Waals surface area (Å²) in [6.07, 6.45) is 0. The summed E-state index contributed by atoms with van der Waals surface area (Å²) in [5, 5.41) is 0. The maximum Gasteiger partial charge on any atom is 0.241 e. The molecular formula is C15H19NO4S. The molecule has 1 aromatic carbocycles. The van der Waals surface area contributed by atoms with Crippen molar-refractivity contribution in [1.82, 2.24) is 4.72 Å². The van der Waals surface area contributed by atoms with E-state index in [-0.39, 0.29) is 4.90 Å². The van der Waals surface area contributed by atoms with E-state index < -0.39 is 16.1 Å². The molecule has 114 valence electrons. The van der Waals surface area contributed by atoms with E-state index >= 15 is 0 Å². The number of hydrogen-bond acceptors (Lipinski definition) is 4. The molecule has 0 aliphatic heterocycles. The first-order valence-electron chi connectivity index (χ1n) is 6.74. The third-order valence-corrected chi connectivity index (χ3v) is 4.52. The topological polar surface area (TPSA) is 68.5 Å². The van der Waals surface area contributed by atoms with Crippen molar-refractivity contribution in [3.05, 3.63) is 47.9 Å². The van der Waals surface area contributed by atoms with Gasteiger partial charge in [-0.3, -0.25) is 0 Å². The lowest BCUT2D eigenvalue weighted by Crippen LogP contribution is -2.26. The zero-order valence-corrected chi connectivity index (χ0v) is 13.1. The summed E-state index contributed by atoms with van der Waals surface area (Å²) in [7, 11) is -3.60. The molecule has 0 amide bonds. The zero-order chi connectivity index (χ0) is 15.5. The summed E-state index contributed by atoms with van der Waals surface area (Å²) in [6, 6.07) is 9.45. The molecule has 0 saturated heterocycles. The number of furan rings is 1. The zero-order valence-electron chi connectivity index (χ0n) is 12.3. The van der Waals surface area contributed by atoms with Crippen molar-refractivity contribution >= 4 is 10.0 Å². The van der Waals surface area contributed by atoms with Gasteiger partial charge in [0, 0.05) is 0 Å².